The molecule has 3 nitrogen and oxygen atoms in total. The molecule has 0 aliphatic rings. The number of nitrogens with zero attached hydrogens (tertiary/aromatic N) is 1. The van der Waals surface area contributed by atoms with E-state index in [4.69, 9.17) is 4.74 Å². The van der Waals surface area contributed by atoms with Crippen molar-refractivity contribution in [2.24, 2.45) is 5.92 Å². The molecule has 0 saturated carbocycles. The van der Waals surface area contributed by atoms with Crippen LogP contribution in [0.5, 0.6) is 0 Å². The normalized spacial score (nSPS) is 13.4. The van der Waals surface area contributed by atoms with Crippen LogP contribution in [0.25, 0.3) is 0 Å². The highest BCUT2D eigenvalue weighted by Crippen LogP contribution is 2.21. The molecule has 0 N–H and O–H groups in total. The van der Waals surface area contributed by atoms with Gasteiger partial charge in [0, 0.05) is 0 Å². The number of hydrogen-bond acceptors (Lipinski definition) is 3. The monoisotopic (exact) mass is 369 g/mol. The molecule has 0 fully saturated rings. The van der Waals surface area contributed by atoms with Crippen molar-refractivity contribution in [1.29, 1.82) is 0 Å². The van der Waals surface area contributed by atoms with Crippen molar-refractivity contribution in [3.63, 3.8) is 0 Å². The van der Waals surface area contributed by atoms with Gasteiger partial charge in [-0.1, -0.05) is 65.3 Å². The van der Waals surface area contributed by atoms with Crippen LogP contribution in [0.15, 0.2) is 24.3 Å². The summed E-state index contributed by atoms with van der Waals surface area (Å²) in [6.45, 7) is 14.5. The minimum Gasteiger partial charge on any atom is -0.446 e. The molecule has 0 bridgehead atoms. The number of ether oxygens (including phenoxy) is 1. The zero-order chi connectivity index (χ0) is 18.1. The first-order chi connectivity index (χ1) is 11.4. The van der Waals surface area contributed by atoms with Gasteiger partial charge < -0.3 is 4.74 Å². The fourth-order valence-corrected chi connectivity index (χ4v) is 2.98. The van der Waals surface area contributed by atoms with Crippen LogP contribution in [-0.2, 0) is 16.0 Å². The average molecular weight is 370 g/mol. The first-order valence-electron chi connectivity index (χ1n) is 9.46. The minimum atomic E-state index is -0.229. The van der Waals surface area contributed by atoms with Gasteiger partial charge >= 0.3 is 5.97 Å². The first-order valence-corrected chi connectivity index (χ1v) is 9.46. The molecule has 25 heavy (non-hydrogen) atoms. The SMILES string of the molecule is CCCC(OC(=O)C(C)c1ccc(CC(C)C)cc1)N(CC)CC.Cl. The van der Waals surface area contributed by atoms with Crippen molar-refractivity contribution in [2.45, 2.75) is 73.0 Å². The van der Waals surface area contributed by atoms with E-state index in [9.17, 15) is 4.79 Å². The third kappa shape index (κ3) is 7.79. The van der Waals surface area contributed by atoms with Crippen LogP contribution in [0.3, 0.4) is 0 Å². The molecule has 0 aromatic heterocycles. The number of benzene rings is 1. The van der Waals surface area contributed by atoms with Crippen molar-refractivity contribution in [3.8, 4) is 0 Å². The maximum Gasteiger partial charge on any atom is 0.314 e. The lowest BCUT2D eigenvalue weighted by atomic mass is 9.97. The summed E-state index contributed by atoms with van der Waals surface area (Å²) in [6, 6.07) is 8.39. The Balaban J connectivity index is 0.00000576. The maximum atomic E-state index is 12.6. The number of hydrogen-bond donors (Lipinski definition) is 0. The lowest BCUT2D eigenvalue weighted by Crippen LogP contribution is -2.39. The molecule has 0 saturated heterocycles. The summed E-state index contributed by atoms with van der Waals surface area (Å²) in [7, 11) is 0. The molecule has 0 aliphatic carbocycles. The Morgan fingerprint density at radius 2 is 1.60 bits per heavy atom. The second-order valence-corrected chi connectivity index (χ2v) is 6.96. The van der Waals surface area contributed by atoms with Crippen molar-refractivity contribution in [1.82, 2.24) is 4.90 Å². The predicted molar refractivity (Wildman–Crippen MR) is 108 cm³/mol. The second kappa shape index (κ2) is 12.3. The summed E-state index contributed by atoms with van der Waals surface area (Å²) in [5.41, 5.74) is 2.35. The second-order valence-electron chi connectivity index (χ2n) is 6.96. The van der Waals surface area contributed by atoms with E-state index in [1.165, 1.54) is 5.56 Å². The quantitative estimate of drug-likeness (QED) is 0.407. The Morgan fingerprint density at radius 3 is 2.04 bits per heavy atom. The fourth-order valence-electron chi connectivity index (χ4n) is 2.98. The largest absolute Gasteiger partial charge is 0.446 e. The smallest absolute Gasteiger partial charge is 0.314 e. The van der Waals surface area contributed by atoms with Crippen LogP contribution in [-0.4, -0.2) is 30.2 Å². The fraction of sp³-hybridized carbons (Fsp3) is 0.667. The van der Waals surface area contributed by atoms with Crippen LogP contribution in [0, 0.1) is 5.92 Å². The highest BCUT2D eigenvalue weighted by Gasteiger charge is 2.24. The molecule has 0 spiro atoms. The van der Waals surface area contributed by atoms with Crippen LogP contribution >= 0.6 is 12.4 Å². The summed E-state index contributed by atoms with van der Waals surface area (Å²) in [4.78, 5) is 14.8. The summed E-state index contributed by atoms with van der Waals surface area (Å²) in [6.07, 6.45) is 2.85. The van der Waals surface area contributed by atoms with Gasteiger partial charge in [0.25, 0.3) is 0 Å². The third-order valence-electron chi connectivity index (χ3n) is 4.48. The van der Waals surface area contributed by atoms with Crippen LogP contribution in [0.2, 0.25) is 0 Å². The van der Waals surface area contributed by atoms with Gasteiger partial charge in [0.05, 0.1) is 5.92 Å². The summed E-state index contributed by atoms with van der Waals surface area (Å²) in [5.74, 6) is 0.284. The zero-order valence-corrected chi connectivity index (χ0v) is 17.6. The number of carbonyl (C=O) groups excluding carboxylic acids is 1. The molecule has 4 heteroatoms. The van der Waals surface area contributed by atoms with Crippen molar-refractivity contribution < 1.29 is 9.53 Å². The van der Waals surface area contributed by atoms with Crippen LogP contribution in [0.4, 0.5) is 0 Å². The molecule has 2 atom stereocenters. The summed E-state index contributed by atoms with van der Waals surface area (Å²) in [5, 5.41) is 0. The Kier molecular flexibility index (Phi) is 11.8. The highest BCUT2D eigenvalue weighted by atomic mass is 35.5. The van der Waals surface area contributed by atoms with Gasteiger partial charge in [-0.2, -0.15) is 0 Å². The number of rotatable bonds is 10. The summed E-state index contributed by atoms with van der Waals surface area (Å²) < 4.78 is 5.83. The highest BCUT2D eigenvalue weighted by molar-refractivity contribution is 5.85. The molecule has 144 valence electrons. The van der Waals surface area contributed by atoms with Crippen molar-refractivity contribution >= 4 is 18.4 Å². The maximum absolute atomic E-state index is 12.6. The van der Waals surface area contributed by atoms with Gasteiger partial charge in [-0.25, -0.2) is 0 Å². The number of carbonyl (C=O) groups is 1. The lowest BCUT2D eigenvalue weighted by molar-refractivity contribution is -0.161. The Hall–Kier alpha value is -1.06. The molecule has 0 aliphatic heterocycles. The van der Waals surface area contributed by atoms with Gasteiger partial charge in [-0.15, -0.1) is 12.4 Å². The van der Waals surface area contributed by atoms with E-state index in [1.807, 2.05) is 6.92 Å². The standard InChI is InChI=1S/C21H35NO2.ClH/c1-7-10-20(22(8-2)9-3)24-21(23)17(6)19-13-11-18(12-14-19)15-16(4)5;/h11-14,16-17,20H,7-10,15H2,1-6H3;1H. The molecule has 0 radical (unpaired) electrons. The van der Waals surface area contributed by atoms with Crippen LogP contribution in [0.1, 0.15) is 71.4 Å². The molecule has 1 rings (SSSR count). The van der Waals surface area contributed by atoms with E-state index >= 15 is 0 Å². The lowest BCUT2D eigenvalue weighted by Gasteiger charge is -2.30. The van der Waals surface area contributed by atoms with E-state index < -0.39 is 0 Å². The van der Waals surface area contributed by atoms with Gasteiger partial charge in [0.1, 0.15) is 0 Å². The van der Waals surface area contributed by atoms with E-state index in [-0.39, 0.29) is 30.5 Å². The molecule has 1 aromatic rings. The Labute approximate surface area is 160 Å². The molecular formula is C21H36ClNO2. The predicted octanol–water partition coefficient (Wildman–Crippen LogP) is 5.42. The molecular weight excluding hydrogens is 334 g/mol. The van der Waals surface area contributed by atoms with E-state index in [2.05, 4.69) is 63.8 Å². The molecule has 0 amide bonds. The van der Waals surface area contributed by atoms with Crippen LogP contribution < -0.4 is 0 Å². The molecule has 1 aromatic carbocycles. The van der Waals surface area contributed by atoms with E-state index in [1.54, 1.807) is 0 Å². The van der Waals surface area contributed by atoms with Crippen molar-refractivity contribution in [3.05, 3.63) is 35.4 Å². The van der Waals surface area contributed by atoms with E-state index in [0.29, 0.717) is 5.92 Å². The van der Waals surface area contributed by atoms with E-state index in [0.717, 1.165) is 37.9 Å². The van der Waals surface area contributed by atoms with Gasteiger partial charge in [-0.05, 0) is 49.9 Å². The summed E-state index contributed by atoms with van der Waals surface area (Å²) >= 11 is 0. The Bertz CT molecular complexity index is 483. The van der Waals surface area contributed by atoms with Gasteiger partial charge in [0.2, 0.25) is 0 Å². The van der Waals surface area contributed by atoms with Crippen molar-refractivity contribution in [2.75, 3.05) is 13.1 Å². The number of halogens is 1. The third-order valence-corrected chi connectivity index (χ3v) is 4.48. The molecule has 2 unspecified atom stereocenters. The number of esters is 1. The Morgan fingerprint density at radius 1 is 1.04 bits per heavy atom. The molecule has 0 heterocycles. The van der Waals surface area contributed by atoms with Gasteiger partial charge in [0.15, 0.2) is 6.23 Å². The van der Waals surface area contributed by atoms with Gasteiger partial charge in [-0.3, -0.25) is 9.69 Å². The first kappa shape index (κ1) is 23.9. The minimum absolute atomic E-state index is 0. The topological polar surface area (TPSA) is 29.5 Å². The average Bonchev–Trinajstić information content (AvgIpc) is 2.55. The zero-order valence-electron chi connectivity index (χ0n) is 16.7.